The Morgan fingerprint density at radius 1 is 1.16 bits per heavy atom. The molecule has 0 aliphatic carbocycles. The van der Waals surface area contributed by atoms with Crippen LogP contribution in [-0.4, -0.2) is 43.5 Å². The van der Waals surface area contributed by atoms with Gasteiger partial charge in [-0.3, -0.25) is 4.90 Å². The van der Waals surface area contributed by atoms with Crippen LogP contribution in [0, 0.1) is 12.8 Å². The minimum Gasteiger partial charge on any atom is -0.398 e. The molecule has 2 N–H and O–H groups in total. The smallest absolute Gasteiger partial charge is 0.0359 e. The highest BCUT2D eigenvalue weighted by Gasteiger charge is 2.10. The topological polar surface area (TPSA) is 32.5 Å². The third-order valence-electron chi connectivity index (χ3n) is 3.18. The van der Waals surface area contributed by atoms with Crippen molar-refractivity contribution in [2.75, 3.05) is 39.5 Å². The number of anilines is 1. The molecule has 0 saturated carbocycles. The van der Waals surface area contributed by atoms with Crippen LogP contribution in [0.3, 0.4) is 0 Å². The first-order chi connectivity index (χ1) is 8.88. The number of aryl methyl sites for hydroxylation is 1. The maximum atomic E-state index is 6.09. The molecule has 0 heterocycles. The Hall–Kier alpha value is -1.06. The van der Waals surface area contributed by atoms with E-state index in [1.807, 2.05) is 6.07 Å². The molecule has 0 radical (unpaired) electrons. The molecule has 0 aliphatic rings. The molecule has 1 rings (SSSR count). The predicted molar refractivity (Wildman–Crippen MR) is 84.3 cm³/mol. The minimum atomic E-state index is 0.674. The van der Waals surface area contributed by atoms with Crippen LogP contribution in [0.25, 0.3) is 0 Å². The molecule has 3 nitrogen and oxygen atoms in total. The van der Waals surface area contributed by atoms with Gasteiger partial charge in [0.2, 0.25) is 0 Å². The normalized spacial score (nSPS) is 11.8. The zero-order valence-electron chi connectivity index (χ0n) is 13.1. The molecule has 0 unspecified atom stereocenters. The molecule has 0 aliphatic heterocycles. The quantitative estimate of drug-likeness (QED) is 0.768. The first-order valence-electron chi connectivity index (χ1n) is 7.10. The monoisotopic (exact) mass is 263 g/mol. The Bertz CT molecular complexity index is 386. The van der Waals surface area contributed by atoms with Crippen LogP contribution in [0.15, 0.2) is 18.2 Å². The second kappa shape index (κ2) is 7.51. The Balaban J connectivity index is 2.72. The molecule has 1 aromatic carbocycles. The predicted octanol–water partition coefficient (Wildman–Crippen LogP) is 2.60. The number of rotatable bonds is 7. The second-order valence-corrected chi connectivity index (χ2v) is 6.13. The van der Waals surface area contributed by atoms with Crippen molar-refractivity contribution < 1.29 is 0 Å². The second-order valence-electron chi connectivity index (χ2n) is 6.13. The summed E-state index contributed by atoms with van der Waals surface area (Å²) < 4.78 is 0. The molecule has 108 valence electrons. The molecule has 1 aromatic rings. The fraction of sp³-hybridized carbons (Fsp3) is 0.625. The fourth-order valence-electron chi connectivity index (χ4n) is 2.21. The van der Waals surface area contributed by atoms with Gasteiger partial charge in [-0.15, -0.1) is 0 Å². The van der Waals surface area contributed by atoms with E-state index in [4.69, 9.17) is 5.73 Å². The van der Waals surface area contributed by atoms with Gasteiger partial charge in [0.15, 0.2) is 0 Å². The van der Waals surface area contributed by atoms with Crippen LogP contribution in [0.2, 0.25) is 0 Å². The molecule has 19 heavy (non-hydrogen) atoms. The number of nitrogens with zero attached hydrogens (tertiary/aromatic N) is 2. The van der Waals surface area contributed by atoms with Crippen molar-refractivity contribution in [2.45, 2.75) is 27.3 Å². The van der Waals surface area contributed by atoms with Crippen molar-refractivity contribution >= 4 is 5.69 Å². The van der Waals surface area contributed by atoms with Crippen LogP contribution in [0.1, 0.15) is 25.0 Å². The van der Waals surface area contributed by atoms with Gasteiger partial charge in [-0.1, -0.05) is 31.5 Å². The Morgan fingerprint density at radius 3 is 2.42 bits per heavy atom. The molecule has 0 saturated heterocycles. The maximum absolute atomic E-state index is 6.09. The molecule has 0 bridgehead atoms. The Kier molecular flexibility index (Phi) is 6.32. The van der Waals surface area contributed by atoms with Gasteiger partial charge in [0.1, 0.15) is 0 Å². The fourth-order valence-corrected chi connectivity index (χ4v) is 2.21. The van der Waals surface area contributed by atoms with E-state index in [9.17, 15) is 0 Å². The standard InChI is InChI=1S/C16H29N3/c1-13(2)11-19(9-8-18(4)5)12-15-10-14(3)6-7-16(15)17/h6-7,10,13H,8-9,11-12,17H2,1-5H3. The molecular weight excluding hydrogens is 234 g/mol. The lowest BCUT2D eigenvalue weighted by Crippen LogP contribution is -2.34. The van der Waals surface area contributed by atoms with Crippen molar-refractivity contribution in [2.24, 2.45) is 5.92 Å². The van der Waals surface area contributed by atoms with E-state index in [1.165, 1.54) is 11.1 Å². The van der Waals surface area contributed by atoms with Crippen molar-refractivity contribution in [3.05, 3.63) is 29.3 Å². The Morgan fingerprint density at radius 2 is 1.84 bits per heavy atom. The van der Waals surface area contributed by atoms with Gasteiger partial charge in [0.25, 0.3) is 0 Å². The summed E-state index contributed by atoms with van der Waals surface area (Å²) >= 11 is 0. The summed E-state index contributed by atoms with van der Waals surface area (Å²) in [6.07, 6.45) is 0. The summed E-state index contributed by atoms with van der Waals surface area (Å²) in [5.74, 6) is 0.674. The van der Waals surface area contributed by atoms with Crippen LogP contribution < -0.4 is 5.73 Å². The van der Waals surface area contributed by atoms with Gasteiger partial charge in [-0.2, -0.15) is 0 Å². The molecule has 0 atom stereocenters. The summed E-state index contributed by atoms with van der Waals surface area (Å²) in [4.78, 5) is 4.72. The van der Waals surface area contributed by atoms with Crippen LogP contribution in [0.5, 0.6) is 0 Å². The lowest BCUT2D eigenvalue weighted by molar-refractivity contribution is 0.212. The molecular formula is C16H29N3. The van der Waals surface area contributed by atoms with E-state index >= 15 is 0 Å². The van der Waals surface area contributed by atoms with Gasteiger partial charge < -0.3 is 10.6 Å². The minimum absolute atomic E-state index is 0.674. The Labute approximate surface area is 118 Å². The lowest BCUT2D eigenvalue weighted by atomic mass is 10.1. The highest BCUT2D eigenvalue weighted by Crippen LogP contribution is 2.16. The van der Waals surface area contributed by atoms with Gasteiger partial charge in [0.05, 0.1) is 0 Å². The summed E-state index contributed by atoms with van der Waals surface area (Å²) in [7, 11) is 4.24. The first-order valence-corrected chi connectivity index (χ1v) is 7.10. The van der Waals surface area contributed by atoms with E-state index in [1.54, 1.807) is 0 Å². The number of hydrogen-bond donors (Lipinski definition) is 1. The van der Waals surface area contributed by atoms with E-state index in [0.29, 0.717) is 5.92 Å². The molecule has 0 spiro atoms. The summed E-state index contributed by atoms with van der Waals surface area (Å²) in [6, 6.07) is 6.30. The van der Waals surface area contributed by atoms with Crippen molar-refractivity contribution in [1.29, 1.82) is 0 Å². The van der Waals surface area contributed by atoms with E-state index in [-0.39, 0.29) is 0 Å². The zero-order valence-corrected chi connectivity index (χ0v) is 13.1. The highest BCUT2D eigenvalue weighted by atomic mass is 15.2. The molecule has 3 heteroatoms. The number of hydrogen-bond acceptors (Lipinski definition) is 3. The highest BCUT2D eigenvalue weighted by molar-refractivity contribution is 5.48. The van der Waals surface area contributed by atoms with Crippen LogP contribution >= 0.6 is 0 Å². The summed E-state index contributed by atoms with van der Waals surface area (Å²) in [5.41, 5.74) is 9.52. The summed E-state index contributed by atoms with van der Waals surface area (Å²) in [5, 5.41) is 0. The molecule has 0 aromatic heterocycles. The van der Waals surface area contributed by atoms with Crippen molar-refractivity contribution in [1.82, 2.24) is 9.80 Å². The summed E-state index contributed by atoms with van der Waals surface area (Å²) in [6.45, 7) is 10.9. The largest absolute Gasteiger partial charge is 0.398 e. The van der Waals surface area contributed by atoms with Crippen molar-refractivity contribution in [3.63, 3.8) is 0 Å². The average Bonchev–Trinajstić information content (AvgIpc) is 2.30. The third-order valence-corrected chi connectivity index (χ3v) is 3.18. The molecule has 0 amide bonds. The van der Waals surface area contributed by atoms with Crippen LogP contribution in [-0.2, 0) is 6.54 Å². The lowest BCUT2D eigenvalue weighted by Gasteiger charge is -2.26. The third kappa shape index (κ3) is 6.08. The van der Waals surface area contributed by atoms with Crippen LogP contribution in [0.4, 0.5) is 5.69 Å². The van der Waals surface area contributed by atoms with Gasteiger partial charge >= 0.3 is 0 Å². The SMILES string of the molecule is Cc1ccc(N)c(CN(CCN(C)C)CC(C)C)c1. The number of benzene rings is 1. The number of likely N-dealkylation sites (N-methyl/N-ethyl adjacent to an activating group) is 1. The number of nitrogen functional groups attached to an aromatic ring is 1. The van der Waals surface area contributed by atoms with E-state index in [2.05, 4.69) is 56.8 Å². The average molecular weight is 263 g/mol. The van der Waals surface area contributed by atoms with Gasteiger partial charge in [-0.05, 0) is 38.6 Å². The van der Waals surface area contributed by atoms with Gasteiger partial charge in [0, 0.05) is 31.9 Å². The van der Waals surface area contributed by atoms with Gasteiger partial charge in [-0.25, -0.2) is 0 Å². The van der Waals surface area contributed by atoms with Crippen molar-refractivity contribution in [3.8, 4) is 0 Å². The van der Waals surface area contributed by atoms with E-state index in [0.717, 1.165) is 31.9 Å². The van der Waals surface area contributed by atoms with E-state index < -0.39 is 0 Å². The number of nitrogens with two attached hydrogens (primary N) is 1. The zero-order chi connectivity index (χ0) is 14.4. The molecule has 0 fully saturated rings. The maximum Gasteiger partial charge on any atom is 0.0359 e. The first kappa shape index (κ1) is 16.0.